The number of ether oxygens (including phenoxy) is 1. The fourth-order valence-corrected chi connectivity index (χ4v) is 1.28. The Morgan fingerprint density at radius 2 is 2.00 bits per heavy atom. The van der Waals surface area contributed by atoms with E-state index in [9.17, 15) is 0 Å². The highest BCUT2D eigenvalue weighted by molar-refractivity contribution is 7.80. The molecule has 0 aliphatic rings. The van der Waals surface area contributed by atoms with Crippen LogP contribution in [-0.2, 0) is 4.74 Å². The molecule has 0 bridgehead atoms. The Kier molecular flexibility index (Phi) is 10.5. The van der Waals surface area contributed by atoms with E-state index in [1.807, 2.05) is 0 Å². The Morgan fingerprint density at radius 3 is 2.54 bits per heavy atom. The number of nitrogens with zero attached hydrogens (tertiary/aromatic N) is 1. The first-order valence-corrected chi connectivity index (χ1v) is 5.50. The topological polar surface area (TPSA) is 32.7 Å². The van der Waals surface area contributed by atoms with Gasteiger partial charge in [-0.2, -0.15) is 12.6 Å². The molecular weight excluding hydrogens is 186 g/mol. The van der Waals surface area contributed by atoms with E-state index in [0.29, 0.717) is 6.61 Å². The predicted molar refractivity (Wildman–Crippen MR) is 58.5 cm³/mol. The Hall–Kier alpha value is 0.230. The first kappa shape index (κ1) is 13.2. The summed E-state index contributed by atoms with van der Waals surface area (Å²) in [7, 11) is 0. The van der Waals surface area contributed by atoms with Gasteiger partial charge in [0, 0.05) is 18.8 Å². The van der Waals surface area contributed by atoms with Gasteiger partial charge in [-0.3, -0.25) is 4.90 Å². The van der Waals surface area contributed by atoms with Crippen molar-refractivity contribution in [3.63, 3.8) is 0 Å². The third-order valence-electron chi connectivity index (χ3n) is 1.74. The Morgan fingerprint density at radius 1 is 1.23 bits per heavy atom. The van der Waals surface area contributed by atoms with Crippen LogP contribution in [0.4, 0.5) is 0 Å². The fourth-order valence-electron chi connectivity index (χ4n) is 1.15. The van der Waals surface area contributed by atoms with Gasteiger partial charge in [0.2, 0.25) is 0 Å². The highest BCUT2D eigenvalue weighted by Gasteiger charge is 2.01. The number of rotatable bonds is 9. The van der Waals surface area contributed by atoms with Crippen LogP contribution in [0.1, 0.15) is 13.3 Å². The molecule has 0 unspecified atom stereocenters. The molecule has 1 N–H and O–H groups in total. The molecule has 0 amide bonds. The minimum absolute atomic E-state index is 0.229. The number of hydrogen-bond acceptors (Lipinski definition) is 4. The average molecular weight is 207 g/mol. The van der Waals surface area contributed by atoms with E-state index in [2.05, 4.69) is 24.5 Å². The summed E-state index contributed by atoms with van der Waals surface area (Å²) in [5.41, 5.74) is 0. The maximum Gasteiger partial charge on any atom is 0.0593 e. The third-order valence-corrected chi connectivity index (χ3v) is 1.93. The fraction of sp³-hybridized carbons (Fsp3) is 1.00. The zero-order valence-electron chi connectivity index (χ0n) is 8.41. The molecule has 0 heterocycles. The van der Waals surface area contributed by atoms with Crippen LogP contribution in [0, 0.1) is 0 Å². The molecule has 0 aliphatic carbocycles. The lowest BCUT2D eigenvalue weighted by Gasteiger charge is -2.19. The minimum atomic E-state index is 0.229. The molecule has 0 spiro atoms. The second-order valence-corrected chi connectivity index (χ2v) is 3.35. The minimum Gasteiger partial charge on any atom is -0.395 e. The number of thiol groups is 1. The smallest absolute Gasteiger partial charge is 0.0593 e. The zero-order chi connectivity index (χ0) is 9.94. The van der Waals surface area contributed by atoms with Crippen LogP contribution in [0.25, 0.3) is 0 Å². The van der Waals surface area contributed by atoms with Gasteiger partial charge in [0.05, 0.1) is 19.8 Å². The lowest BCUT2D eigenvalue weighted by atomic mass is 10.4. The van der Waals surface area contributed by atoms with Crippen LogP contribution in [0.15, 0.2) is 0 Å². The summed E-state index contributed by atoms with van der Waals surface area (Å²) in [5, 5.41) is 8.77. The van der Waals surface area contributed by atoms with Gasteiger partial charge in [0.15, 0.2) is 0 Å². The molecule has 0 atom stereocenters. The molecule has 0 aromatic rings. The molecule has 80 valence electrons. The van der Waals surface area contributed by atoms with E-state index in [0.717, 1.165) is 38.4 Å². The van der Waals surface area contributed by atoms with Crippen molar-refractivity contribution in [3.8, 4) is 0 Å². The van der Waals surface area contributed by atoms with Crippen molar-refractivity contribution >= 4 is 12.6 Å². The maximum atomic E-state index is 8.77. The van der Waals surface area contributed by atoms with Crippen LogP contribution >= 0.6 is 12.6 Å². The van der Waals surface area contributed by atoms with Gasteiger partial charge in [-0.05, 0) is 13.0 Å². The van der Waals surface area contributed by atoms with E-state index in [-0.39, 0.29) is 6.61 Å². The van der Waals surface area contributed by atoms with Gasteiger partial charge in [-0.25, -0.2) is 0 Å². The van der Waals surface area contributed by atoms with Crippen LogP contribution in [-0.4, -0.2) is 55.2 Å². The molecule has 4 heteroatoms. The monoisotopic (exact) mass is 207 g/mol. The molecule has 0 fully saturated rings. The summed E-state index contributed by atoms with van der Waals surface area (Å²) < 4.78 is 5.31. The van der Waals surface area contributed by atoms with Crippen LogP contribution in [0.2, 0.25) is 0 Å². The standard InChI is InChI=1S/C9H21NO2S/c1-2-3-10(4-6-11)5-7-12-8-9-13/h11,13H,2-9H2,1H3. The second kappa shape index (κ2) is 10.3. The molecular formula is C9H21NO2S. The molecule has 0 rings (SSSR count). The van der Waals surface area contributed by atoms with E-state index < -0.39 is 0 Å². The van der Waals surface area contributed by atoms with Crippen molar-refractivity contribution in [1.29, 1.82) is 0 Å². The van der Waals surface area contributed by atoms with Gasteiger partial charge >= 0.3 is 0 Å². The Balaban J connectivity index is 3.33. The normalized spacial score (nSPS) is 11.1. The summed E-state index contributed by atoms with van der Waals surface area (Å²) >= 11 is 4.05. The summed E-state index contributed by atoms with van der Waals surface area (Å²) in [5.74, 6) is 0.772. The first-order valence-electron chi connectivity index (χ1n) is 4.87. The molecule has 3 nitrogen and oxygen atoms in total. The van der Waals surface area contributed by atoms with Gasteiger partial charge in [-0.1, -0.05) is 6.92 Å². The Bertz CT molecular complexity index is 97.6. The molecule has 0 aliphatic heterocycles. The van der Waals surface area contributed by atoms with Gasteiger partial charge in [0.1, 0.15) is 0 Å². The lowest BCUT2D eigenvalue weighted by Crippen LogP contribution is -2.31. The van der Waals surface area contributed by atoms with E-state index in [4.69, 9.17) is 9.84 Å². The predicted octanol–water partition coefficient (Wildman–Crippen LogP) is 0.637. The number of aliphatic hydroxyl groups excluding tert-OH is 1. The summed E-state index contributed by atoms with van der Waals surface area (Å²) in [6, 6.07) is 0. The van der Waals surface area contributed by atoms with Gasteiger partial charge < -0.3 is 9.84 Å². The SMILES string of the molecule is CCCN(CCO)CCOCCS. The van der Waals surface area contributed by atoms with E-state index >= 15 is 0 Å². The lowest BCUT2D eigenvalue weighted by molar-refractivity contribution is 0.105. The van der Waals surface area contributed by atoms with Crippen molar-refractivity contribution < 1.29 is 9.84 Å². The average Bonchev–Trinajstić information content (AvgIpc) is 2.13. The third kappa shape index (κ3) is 8.56. The largest absolute Gasteiger partial charge is 0.395 e. The second-order valence-electron chi connectivity index (χ2n) is 2.90. The highest BCUT2D eigenvalue weighted by Crippen LogP contribution is 1.91. The van der Waals surface area contributed by atoms with Crippen LogP contribution < -0.4 is 0 Å². The number of hydrogen-bond donors (Lipinski definition) is 2. The van der Waals surface area contributed by atoms with Crippen LogP contribution in [0.5, 0.6) is 0 Å². The molecule has 0 aromatic heterocycles. The quantitative estimate of drug-likeness (QED) is 0.430. The molecule has 0 saturated heterocycles. The maximum absolute atomic E-state index is 8.77. The molecule has 0 aromatic carbocycles. The van der Waals surface area contributed by atoms with E-state index in [1.54, 1.807) is 0 Å². The molecule has 13 heavy (non-hydrogen) atoms. The van der Waals surface area contributed by atoms with Crippen LogP contribution in [0.3, 0.4) is 0 Å². The molecule has 0 radical (unpaired) electrons. The van der Waals surface area contributed by atoms with Crippen molar-refractivity contribution in [2.45, 2.75) is 13.3 Å². The molecule has 0 saturated carbocycles. The summed E-state index contributed by atoms with van der Waals surface area (Å²) in [6.45, 7) is 6.50. The van der Waals surface area contributed by atoms with Crippen molar-refractivity contribution in [2.75, 3.05) is 45.2 Å². The Labute approximate surface area is 86.5 Å². The van der Waals surface area contributed by atoms with E-state index in [1.165, 1.54) is 0 Å². The highest BCUT2D eigenvalue weighted by atomic mass is 32.1. The zero-order valence-corrected chi connectivity index (χ0v) is 9.30. The van der Waals surface area contributed by atoms with Crippen molar-refractivity contribution in [3.05, 3.63) is 0 Å². The van der Waals surface area contributed by atoms with Gasteiger partial charge in [-0.15, -0.1) is 0 Å². The van der Waals surface area contributed by atoms with Crippen molar-refractivity contribution in [2.24, 2.45) is 0 Å². The first-order chi connectivity index (χ1) is 6.35. The van der Waals surface area contributed by atoms with Crippen molar-refractivity contribution in [1.82, 2.24) is 4.90 Å². The van der Waals surface area contributed by atoms with Gasteiger partial charge in [0.25, 0.3) is 0 Å². The summed E-state index contributed by atoms with van der Waals surface area (Å²) in [4.78, 5) is 2.21. The summed E-state index contributed by atoms with van der Waals surface area (Å²) in [6.07, 6.45) is 1.12. The number of aliphatic hydroxyl groups is 1.